The Morgan fingerprint density at radius 2 is 2.22 bits per heavy atom. The molecule has 23 heavy (non-hydrogen) atoms. The van der Waals surface area contributed by atoms with Gasteiger partial charge < -0.3 is 15.0 Å². The third kappa shape index (κ3) is 3.03. The number of hydrogen-bond acceptors (Lipinski definition) is 3. The van der Waals surface area contributed by atoms with E-state index in [2.05, 4.69) is 5.32 Å². The highest BCUT2D eigenvalue weighted by Crippen LogP contribution is 2.26. The van der Waals surface area contributed by atoms with Gasteiger partial charge in [-0.25, -0.2) is 4.79 Å². The minimum absolute atomic E-state index is 0.0189. The Morgan fingerprint density at radius 1 is 1.39 bits per heavy atom. The third-order valence-corrected chi connectivity index (χ3v) is 4.60. The summed E-state index contributed by atoms with van der Waals surface area (Å²) >= 11 is 0. The Balaban J connectivity index is 1.85. The number of anilines is 1. The van der Waals surface area contributed by atoms with E-state index in [9.17, 15) is 9.59 Å². The van der Waals surface area contributed by atoms with E-state index < -0.39 is 0 Å². The Bertz CT molecular complexity index is 617. The van der Waals surface area contributed by atoms with Crippen LogP contribution in [-0.2, 0) is 4.74 Å². The molecule has 2 aliphatic rings. The summed E-state index contributed by atoms with van der Waals surface area (Å²) in [5.74, 6) is 0.0189. The fourth-order valence-corrected chi connectivity index (χ4v) is 3.37. The Morgan fingerprint density at radius 3 is 2.91 bits per heavy atom. The summed E-state index contributed by atoms with van der Waals surface area (Å²) < 4.78 is 5.23. The van der Waals surface area contributed by atoms with Gasteiger partial charge in [-0.05, 0) is 37.5 Å². The van der Waals surface area contributed by atoms with Crippen LogP contribution in [0.3, 0.4) is 0 Å². The zero-order chi connectivity index (χ0) is 16.4. The highest BCUT2D eigenvalue weighted by atomic mass is 16.5. The summed E-state index contributed by atoms with van der Waals surface area (Å²) in [5.41, 5.74) is 2.44. The number of rotatable bonds is 4. The maximum absolute atomic E-state index is 12.8. The highest BCUT2D eigenvalue weighted by molar-refractivity contribution is 5.99. The molecule has 6 heteroatoms. The number of carbonyl (C=O) groups excluding carboxylic acids is 2. The van der Waals surface area contributed by atoms with E-state index in [-0.39, 0.29) is 18.0 Å². The molecule has 1 aromatic carbocycles. The van der Waals surface area contributed by atoms with Gasteiger partial charge in [-0.3, -0.25) is 9.69 Å². The smallest absolute Gasteiger partial charge is 0.322 e. The largest absolute Gasteiger partial charge is 0.383 e. The SMILES string of the molecule is COC[C@H]1CCCN1C(=O)c1ccc(C)c(N2CCNC2=O)c1. The number of amides is 3. The molecule has 1 atom stereocenters. The molecule has 0 radical (unpaired) electrons. The number of likely N-dealkylation sites (tertiary alicyclic amines) is 1. The number of aryl methyl sites for hydroxylation is 1. The van der Waals surface area contributed by atoms with Gasteiger partial charge in [-0.15, -0.1) is 0 Å². The first-order valence-corrected chi connectivity index (χ1v) is 8.07. The van der Waals surface area contributed by atoms with Crippen LogP contribution in [0.5, 0.6) is 0 Å². The summed E-state index contributed by atoms with van der Waals surface area (Å²) in [6.45, 7) is 4.56. The molecule has 6 nitrogen and oxygen atoms in total. The number of benzene rings is 1. The van der Waals surface area contributed by atoms with Crippen molar-refractivity contribution in [2.24, 2.45) is 0 Å². The predicted molar refractivity (Wildman–Crippen MR) is 87.9 cm³/mol. The minimum Gasteiger partial charge on any atom is -0.383 e. The van der Waals surface area contributed by atoms with Crippen LogP contribution in [0, 0.1) is 6.92 Å². The summed E-state index contributed by atoms with van der Waals surface area (Å²) in [6, 6.07) is 5.64. The van der Waals surface area contributed by atoms with Crippen LogP contribution in [-0.4, -0.2) is 56.2 Å². The molecule has 0 aromatic heterocycles. The average molecular weight is 317 g/mol. The van der Waals surface area contributed by atoms with Crippen LogP contribution < -0.4 is 10.2 Å². The van der Waals surface area contributed by atoms with Crippen molar-refractivity contribution in [2.75, 3.05) is 38.3 Å². The Labute approximate surface area is 136 Å². The molecule has 0 unspecified atom stereocenters. The number of nitrogens with one attached hydrogen (secondary N) is 1. The van der Waals surface area contributed by atoms with E-state index >= 15 is 0 Å². The molecule has 1 N–H and O–H groups in total. The topological polar surface area (TPSA) is 61.9 Å². The van der Waals surface area contributed by atoms with Gasteiger partial charge >= 0.3 is 6.03 Å². The first kappa shape index (κ1) is 15.8. The van der Waals surface area contributed by atoms with Gasteiger partial charge in [0, 0.05) is 38.0 Å². The van der Waals surface area contributed by atoms with Crippen molar-refractivity contribution < 1.29 is 14.3 Å². The number of carbonyl (C=O) groups is 2. The molecule has 0 spiro atoms. The minimum atomic E-state index is -0.101. The van der Waals surface area contributed by atoms with Crippen molar-refractivity contribution in [3.8, 4) is 0 Å². The lowest BCUT2D eigenvalue weighted by molar-refractivity contribution is 0.0630. The zero-order valence-electron chi connectivity index (χ0n) is 13.7. The van der Waals surface area contributed by atoms with E-state index in [0.717, 1.165) is 30.6 Å². The second-order valence-electron chi connectivity index (χ2n) is 6.13. The summed E-state index contributed by atoms with van der Waals surface area (Å²) in [5, 5.41) is 2.80. The van der Waals surface area contributed by atoms with Gasteiger partial charge in [0.15, 0.2) is 0 Å². The van der Waals surface area contributed by atoms with Gasteiger partial charge in [0.2, 0.25) is 0 Å². The van der Waals surface area contributed by atoms with Crippen molar-refractivity contribution in [3.63, 3.8) is 0 Å². The number of methoxy groups -OCH3 is 1. The molecule has 2 heterocycles. The van der Waals surface area contributed by atoms with Crippen molar-refractivity contribution >= 4 is 17.6 Å². The standard InChI is InChI=1S/C17H23N3O3/c1-12-5-6-13(10-15(12)20-9-7-18-17(20)22)16(21)19-8-3-4-14(19)11-23-2/h5-6,10,14H,3-4,7-9,11H2,1-2H3,(H,18,22)/t14-/m1/s1. The van der Waals surface area contributed by atoms with Crippen LogP contribution in [0.25, 0.3) is 0 Å². The molecular weight excluding hydrogens is 294 g/mol. The monoisotopic (exact) mass is 317 g/mol. The Hall–Kier alpha value is -2.08. The molecule has 124 valence electrons. The van der Waals surface area contributed by atoms with Crippen LogP contribution in [0.2, 0.25) is 0 Å². The molecule has 1 aromatic rings. The second kappa shape index (κ2) is 6.58. The molecule has 0 aliphatic carbocycles. The van der Waals surface area contributed by atoms with Gasteiger partial charge in [0.1, 0.15) is 0 Å². The van der Waals surface area contributed by atoms with E-state index in [4.69, 9.17) is 4.74 Å². The van der Waals surface area contributed by atoms with Crippen molar-refractivity contribution in [2.45, 2.75) is 25.8 Å². The lowest BCUT2D eigenvalue weighted by atomic mass is 10.1. The van der Waals surface area contributed by atoms with Crippen molar-refractivity contribution in [1.82, 2.24) is 10.2 Å². The molecule has 3 amide bonds. The maximum Gasteiger partial charge on any atom is 0.322 e. The van der Waals surface area contributed by atoms with Crippen LogP contribution in [0.15, 0.2) is 18.2 Å². The summed E-state index contributed by atoms with van der Waals surface area (Å²) in [6.07, 6.45) is 1.99. The molecule has 2 fully saturated rings. The molecular formula is C17H23N3O3. The molecule has 0 saturated carbocycles. The lowest BCUT2D eigenvalue weighted by Crippen LogP contribution is -2.38. The predicted octanol–water partition coefficient (Wildman–Crippen LogP) is 1.78. The van der Waals surface area contributed by atoms with E-state index in [1.165, 1.54) is 0 Å². The number of urea groups is 1. The number of hydrogen-bond donors (Lipinski definition) is 1. The zero-order valence-corrected chi connectivity index (χ0v) is 13.7. The van der Waals surface area contributed by atoms with Gasteiger partial charge in [0.05, 0.1) is 12.6 Å². The van der Waals surface area contributed by atoms with Crippen LogP contribution in [0.4, 0.5) is 10.5 Å². The molecule has 2 saturated heterocycles. The highest BCUT2D eigenvalue weighted by Gasteiger charge is 2.30. The second-order valence-corrected chi connectivity index (χ2v) is 6.13. The first-order valence-electron chi connectivity index (χ1n) is 8.07. The maximum atomic E-state index is 12.8. The molecule has 0 bridgehead atoms. The fraction of sp³-hybridized carbons (Fsp3) is 0.529. The molecule has 2 aliphatic heterocycles. The van der Waals surface area contributed by atoms with Gasteiger partial charge in [-0.1, -0.05) is 6.07 Å². The Kier molecular flexibility index (Phi) is 4.52. The number of ether oxygens (including phenoxy) is 1. The first-order chi connectivity index (χ1) is 11.1. The van der Waals surface area contributed by atoms with Gasteiger partial charge in [0.25, 0.3) is 5.91 Å². The summed E-state index contributed by atoms with van der Waals surface area (Å²) in [4.78, 5) is 28.3. The van der Waals surface area contributed by atoms with Crippen molar-refractivity contribution in [3.05, 3.63) is 29.3 Å². The summed E-state index contributed by atoms with van der Waals surface area (Å²) in [7, 11) is 1.66. The third-order valence-electron chi connectivity index (χ3n) is 4.60. The van der Waals surface area contributed by atoms with Crippen LogP contribution >= 0.6 is 0 Å². The molecule has 3 rings (SSSR count). The average Bonchev–Trinajstić information content (AvgIpc) is 3.17. The number of nitrogens with zero attached hydrogens (tertiary/aromatic N) is 2. The van der Waals surface area contributed by atoms with Crippen molar-refractivity contribution in [1.29, 1.82) is 0 Å². The van der Waals surface area contributed by atoms with Crippen LogP contribution in [0.1, 0.15) is 28.8 Å². The van der Waals surface area contributed by atoms with E-state index in [0.29, 0.717) is 25.3 Å². The van der Waals surface area contributed by atoms with Gasteiger partial charge in [-0.2, -0.15) is 0 Å². The lowest BCUT2D eigenvalue weighted by Gasteiger charge is -2.25. The van der Waals surface area contributed by atoms with E-state index in [1.54, 1.807) is 12.0 Å². The quantitative estimate of drug-likeness (QED) is 0.921. The normalized spacial score (nSPS) is 21.0. The fourth-order valence-electron chi connectivity index (χ4n) is 3.37. The van der Waals surface area contributed by atoms with E-state index in [1.807, 2.05) is 30.0 Å².